The van der Waals surface area contributed by atoms with Crippen molar-refractivity contribution in [3.05, 3.63) is 33.9 Å². The second kappa shape index (κ2) is 5.48. The molecule has 108 valence electrons. The number of benzene rings is 1. The molecule has 6 nitrogen and oxygen atoms in total. The van der Waals surface area contributed by atoms with E-state index in [2.05, 4.69) is 0 Å². The Morgan fingerprint density at radius 1 is 1.35 bits per heavy atom. The number of nitro benzene ring substituents is 1. The van der Waals surface area contributed by atoms with Gasteiger partial charge in [-0.25, -0.2) is 0 Å². The number of nitrogens with zero attached hydrogens (tertiary/aromatic N) is 2. The van der Waals surface area contributed by atoms with Gasteiger partial charge in [-0.2, -0.15) is 0 Å². The van der Waals surface area contributed by atoms with Crippen molar-refractivity contribution in [3.8, 4) is 0 Å². The summed E-state index contributed by atoms with van der Waals surface area (Å²) < 4.78 is 0. The smallest absolute Gasteiger partial charge is 0.270 e. The van der Waals surface area contributed by atoms with Crippen molar-refractivity contribution in [2.24, 2.45) is 0 Å². The van der Waals surface area contributed by atoms with Gasteiger partial charge in [0.2, 0.25) is 0 Å². The first-order valence-electron chi connectivity index (χ1n) is 6.78. The van der Waals surface area contributed by atoms with Crippen LogP contribution in [0.15, 0.2) is 18.2 Å². The lowest BCUT2D eigenvalue weighted by atomic mass is 9.96. The molecule has 1 aromatic carbocycles. The van der Waals surface area contributed by atoms with Crippen LogP contribution in [0, 0.1) is 10.1 Å². The van der Waals surface area contributed by atoms with Gasteiger partial charge in [-0.1, -0.05) is 0 Å². The highest BCUT2D eigenvalue weighted by molar-refractivity contribution is 6.00. The van der Waals surface area contributed by atoms with Gasteiger partial charge >= 0.3 is 0 Å². The molecule has 1 saturated heterocycles. The van der Waals surface area contributed by atoms with E-state index in [-0.39, 0.29) is 34.9 Å². The van der Waals surface area contributed by atoms with Crippen molar-refractivity contribution in [1.82, 2.24) is 4.90 Å². The minimum Gasteiger partial charge on any atom is -0.398 e. The van der Waals surface area contributed by atoms with Gasteiger partial charge in [0, 0.05) is 29.9 Å². The standard InChI is InChI=1S/C14H19N3O3/c1-9-4-3-5-10(2)16(9)14(18)12-8-11(17(19)20)6-7-13(12)15/h6-10H,3-5,15H2,1-2H3/t9-,10+. The number of nitrogen functional groups attached to an aromatic ring is 1. The van der Waals surface area contributed by atoms with Crippen molar-refractivity contribution < 1.29 is 9.72 Å². The molecule has 1 aromatic rings. The molecule has 0 aromatic heterocycles. The summed E-state index contributed by atoms with van der Waals surface area (Å²) in [5.74, 6) is -0.217. The highest BCUT2D eigenvalue weighted by atomic mass is 16.6. The van der Waals surface area contributed by atoms with Crippen molar-refractivity contribution >= 4 is 17.3 Å². The second-order valence-electron chi connectivity index (χ2n) is 5.37. The average Bonchev–Trinajstić information content (AvgIpc) is 2.38. The average molecular weight is 277 g/mol. The summed E-state index contributed by atoms with van der Waals surface area (Å²) in [6.45, 7) is 4.00. The van der Waals surface area contributed by atoms with Crippen LogP contribution in [0.25, 0.3) is 0 Å². The zero-order valence-corrected chi connectivity index (χ0v) is 11.7. The quantitative estimate of drug-likeness (QED) is 0.511. The maximum absolute atomic E-state index is 12.6. The number of hydrogen-bond acceptors (Lipinski definition) is 4. The fourth-order valence-electron chi connectivity index (χ4n) is 2.80. The summed E-state index contributed by atoms with van der Waals surface area (Å²) in [6, 6.07) is 4.26. The minimum absolute atomic E-state index is 0.111. The van der Waals surface area contributed by atoms with Crippen molar-refractivity contribution in [2.75, 3.05) is 5.73 Å². The molecule has 20 heavy (non-hydrogen) atoms. The molecule has 1 fully saturated rings. The van der Waals surface area contributed by atoms with Gasteiger partial charge in [0.1, 0.15) is 0 Å². The topological polar surface area (TPSA) is 89.5 Å². The second-order valence-corrected chi connectivity index (χ2v) is 5.37. The maximum atomic E-state index is 12.6. The molecule has 1 heterocycles. The number of amides is 1. The zero-order valence-electron chi connectivity index (χ0n) is 11.7. The Hall–Kier alpha value is -2.11. The molecule has 0 spiro atoms. The van der Waals surface area contributed by atoms with Gasteiger partial charge in [-0.3, -0.25) is 14.9 Å². The fourth-order valence-corrected chi connectivity index (χ4v) is 2.80. The summed E-state index contributed by atoms with van der Waals surface area (Å²) in [5.41, 5.74) is 6.21. The maximum Gasteiger partial charge on any atom is 0.270 e. The van der Waals surface area contributed by atoms with Gasteiger partial charge in [0.15, 0.2) is 0 Å². The predicted octanol–water partition coefficient (Wildman–Crippen LogP) is 2.58. The van der Waals surface area contributed by atoms with E-state index in [1.807, 2.05) is 13.8 Å². The number of carbonyl (C=O) groups is 1. The third-order valence-electron chi connectivity index (χ3n) is 3.91. The van der Waals surface area contributed by atoms with E-state index in [9.17, 15) is 14.9 Å². The molecule has 1 aliphatic rings. The van der Waals surface area contributed by atoms with E-state index < -0.39 is 4.92 Å². The number of carbonyl (C=O) groups excluding carboxylic acids is 1. The molecule has 0 radical (unpaired) electrons. The molecular formula is C14H19N3O3. The van der Waals surface area contributed by atoms with Crippen LogP contribution >= 0.6 is 0 Å². The largest absolute Gasteiger partial charge is 0.398 e. The van der Waals surface area contributed by atoms with Gasteiger partial charge in [0.05, 0.1) is 10.5 Å². The number of non-ortho nitro benzene ring substituents is 1. The lowest BCUT2D eigenvalue weighted by Crippen LogP contribution is -2.47. The first kappa shape index (κ1) is 14.3. The Morgan fingerprint density at radius 2 is 1.95 bits per heavy atom. The number of piperidine rings is 1. The van der Waals surface area contributed by atoms with Gasteiger partial charge < -0.3 is 10.6 Å². The fraction of sp³-hybridized carbons (Fsp3) is 0.500. The van der Waals surface area contributed by atoms with Crippen LogP contribution in [0.5, 0.6) is 0 Å². The Labute approximate surface area is 117 Å². The van der Waals surface area contributed by atoms with Crippen LogP contribution in [0.3, 0.4) is 0 Å². The summed E-state index contributed by atoms with van der Waals surface area (Å²) >= 11 is 0. The van der Waals surface area contributed by atoms with Crippen molar-refractivity contribution in [3.63, 3.8) is 0 Å². The first-order chi connectivity index (χ1) is 9.41. The molecule has 0 bridgehead atoms. The third kappa shape index (κ3) is 2.59. The third-order valence-corrected chi connectivity index (χ3v) is 3.91. The molecule has 0 saturated carbocycles. The Morgan fingerprint density at radius 3 is 2.50 bits per heavy atom. The highest BCUT2D eigenvalue weighted by Crippen LogP contribution is 2.28. The summed E-state index contributed by atoms with van der Waals surface area (Å²) in [4.78, 5) is 24.7. The molecule has 1 amide bonds. The lowest BCUT2D eigenvalue weighted by Gasteiger charge is -2.39. The summed E-state index contributed by atoms with van der Waals surface area (Å²) in [6.07, 6.45) is 2.99. The Bertz CT molecular complexity index is 534. The summed E-state index contributed by atoms with van der Waals surface area (Å²) in [5, 5.41) is 10.8. The van der Waals surface area contributed by atoms with Crippen LogP contribution in [0.4, 0.5) is 11.4 Å². The van der Waals surface area contributed by atoms with E-state index in [0.717, 1.165) is 19.3 Å². The molecule has 0 unspecified atom stereocenters. The van der Waals surface area contributed by atoms with Gasteiger partial charge in [-0.15, -0.1) is 0 Å². The van der Waals surface area contributed by atoms with E-state index in [1.165, 1.54) is 18.2 Å². The van der Waals surface area contributed by atoms with Crippen LogP contribution in [-0.4, -0.2) is 27.8 Å². The monoisotopic (exact) mass is 277 g/mol. The number of hydrogen-bond donors (Lipinski definition) is 1. The van der Waals surface area contributed by atoms with Crippen molar-refractivity contribution in [2.45, 2.75) is 45.2 Å². The SMILES string of the molecule is C[C@@H]1CCC[C@H](C)N1C(=O)c1cc([N+](=O)[O-])ccc1N. The lowest BCUT2D eigenvalue weighted by molar-refractivity contribution is -0.384. The van der Waals surface area contributed by atoms with Crippen molar-refractivity contribution in [1.29, 1.82) is 0 Å². The number of nitrogens with two attached hydrogens (primary N) is 1. The van der Waals surface area contributed by atoms with Crippen LogP contribution in [-0.2, 0) is 0 Å². The molecule has 2 atom stereocenters. The zero-order chi connectivity index (χ0) is 14.9. The molecule has 6 heteroatoms. The molecule has 2 N–H and O–H groups in total. The van der Waals surface area contributed by atoms with Crippen LogP contribution < -0.4 is 5.73 Å². The van der Waals surface area contributed by atoms with E-state index in [1.54, 1.807) is 4.90 Å². The van der Waals surface area contributed by atoms with E-state index in [4.69, 9.17) is 5.73 Å². The Balaban J connectivity index is 2.37. The van der Waals surface area contributed by atoms with E-state index in [0.29, 0.717) is 0 Å². The van der Waals surface area contributed by atoms with Crippen LogP contribution in [0.1, 0.15) is 43.5 Å². The number of rotatable bonds is 2. The molecule has 1 aliphatic heterocycles. The molecular weight excluding hydrogens is 258 g/mol. The number of nitro groups is 1. The van der Waals surface area contributed by atoms with E-state index >= 15 is 0 Å². The summed E-state index contributed by atoms with van der Waals surface area (Å²) in [7, 11) is 0. The highest BCUT2D eigenvalue weighted by Gasteiger charge is 2.31. The normalized spacial score (nSPS) is 22.6. The molecule has 0 aliphatic carbocycles. The van der Waals surface area contributed by atoms with Gasteiger partial charge in [-0.05, 0) is 39.2 Å². The van der Waals surface area contributed by atoms with Crippen LogP contribution in [0.2, 0.25) is 0 Å². The number of anilines is 1. The number of likely N-dealkylation sites (tertiary alicyclic amines) is 1. The Kier molecular flexibility index (Phi) is 3.92. The first-order valence-corrected chi connectivity index (χ1v) is 6.78. The molecule has 2 rings (SSSR count). The predicted molar refractivity (Wildman–Crippen MR) is 76.5 cm³/mol. The minimum atomic E-state index is -0.515. The van der Waals surface area contributed by atoms with Gasteiger partial charge in [0.25, 0.3) is 11.6 Å².